The van der Waals surface area contributed by atoms with E-state index in [1.165, 1.54) is 19.3 Å². The summed E-state index contributed by atoms with van der Waals surface area (Å²) in [5.41, 5.74) is 1.58. The number of para-hydroxylation sites is 1. The molecule has 4 rings (SSSR count). The molecule has 1 saturated heterocycles. The molecule has 0 spiro atoms. The molecule has 43 heavy (non-hydrogen) atoms. The Labute approximate surface area is 264 Å². The average molecular weight is 709 g/mol. The van der Waals surface area contributed by atoms with Crippen LogP contribution in [0.2, 0.25) is 0 Å². The molecule has 2 amide bonds. The van der Waals surface area contributed by atoms with Crippen molar-refractivity contribution in [3.8, 4) is 17.2 Å². The van der Waals surface area contributed by atoms with Gasteiger partial charge in [0, 0.05) is 37.3 Å². The Morgan fingerprint density at radius 3 is 2.63 bits per heavy atom. The maximum atomic E-state index is 13.9. The highest BCUT2D eigenvalue weighted by Crippen LogP contribution is 2.37. The number of amides is 2. The van der Waals surface area contributed by atoms with E-state index in [1.807, 2.05) is 46.9 Å². The Hall–Kier alpha value is -3.20. The molecular formula is C31H37IN2O9. The van der Waals surface area contributed by atoms with E-state index in [9.17, 15) is 24.6 Å². The second-order valence-corrected chi connectivity index (χ2v) is 11.4. The molecule has 2 aromatic carbocycles. The highest BCUT2D eigenvalue weighted by atomic mass is 127. The van der Waals surface area contributed by atoms with E-state index >= 15 is 0 Å². The second kappa shape index (κ2) is 15.5. The third-order valence-corrected chi connectivity index (χ3v) is 8.36. The topological polar surface area (TPSA) is 144 Å². The Kier molecular flexibility index (Phi) is 11.8. The van der Waals surface area contributed by atoms with Gasteiger partial charge in [0.2, 0.25) is 5.91 Å². The first-order chi connectivity index (χ1) is 20.8. The third kappa shape index (κ3) is 7.85. The number of hydrogen-bond donors (Lipinski definition) is 3. The van der Waals surface area contributed by atoms with Crippen molar-refractivity contribution in [3.05, 3.63) is 62.7 Å². The van der Waals surface area contributed by atoms with Crippen molar-refractivity contribution in [2.75, 3.05) is 40.5 Å². The zero-order valence-corrected chi connectivity index (χ0v) is 26.3. The molecule has 3 N–H and O–H groups in total. The Morgan fingerprint density at radius 2 is 1.95 bits per heavy atom. The van der Waals surface area contributed by atoms with Gasteiger partial charge in [0.1, 0.15) is 30.3 Å². The number of nitrogens with zero attached hydrogens (tertiary/aromatic N) is 1. The highest BCUT2D eigenvalue weighted by Gasteiger charge is 2.43. The van der Waals surface area contributed by atoms with Crippen molar-refractivity contribution in [2.24, 2.45) is 0 Å². The molecule has 0 radical (unpaired) electrons. The van der Waals surface area contributed by atoms with E-state index in [-0.39, 0.29) is 43.5 Å². The monoisotopic (exact) mass is 708 g/mol. The summed E-state index contributed by atoms with van der Waals surface area (Å²) in [7, 11) is 3.02. The Balaban J connectivity index is 1.71. The lowest BCUT2D eigenvalue weighted by molar-refractivity contribution is -0.148. The molecule has 0 bridgehead atoms. The van der Waals surface area contributed by atoms with Gasteiger partial charge in [-0.2, -0.15) is 0 Å². The van der Waals surface area contributed by atoms with Gasteiger partial charge in [-0.3, -0.25) is 14.4 Å². The van der Waals surface area contributed by atoms with Crippen LogP contribution in [-0.4, -0.2) is 98.1 Å². The van der Waals surface area contributed by atoms with Crippen molar-refractivity contribution in [3.63, 3.8) is 0 Å². The van der Waals surface area contributed by atoms with Crippen LogP contribution in [0.3, 0.4) is 0 Å². The first-order valence-electron chi connectivity index (χ1n) is 14.1. The number of aliphatic hydroxyl groups excluding tert-OH is 2. The predicted octanol–water partition coefficient (Wildman–Crippen LogP) is 2.29. The van der Waals surface area contributed by atoms with Gasteiger partial charge in [-0.1, -0.05) is 18.2 Å². The van der Waals surface area contributed by atoms with Gasteiger partial charge in [-0.05, 0) is 71.7 Å². The van der Waals surface area contributed by atoms with Gasteiger partial charge in [0.25, 0.3) is 5.91 Å². The fraction of sp³-hybridized carbons (Fsp3) is 0.452. The van der Waals surface area contributed by atoms with Crippen molar-refractivity contribution in [2.45, 2.75) is 50.0 Å². The summed E-state index contributed by atoms with van der Waals surface area (Å²) in [5.74, 6) is 0.547. The SMILES string of the molecule is COc1ccccc1CCN(C(=O)C1CCCO1)[C@@H]1CC(C(=O)NCCO)=C[C@H](Oc2c(I)cc(C=O)cc2OC)[C@H]1O. The number of methoxy groups -OCH3 is 2. The number of rotatable bonds is 13. The number of aliphatic hydroxyl groups is 2. The van der Waals surface area contributed by atoms with Gasteiger partial charge in [0.15, 0.2) is 11.5 Å². The summed E-state index contributed by atoms with van der Waals surface area (Å²) in [6.07, 6.45) is 1.09. The molecule has 11 nitrogen and oxygen atoms in total. The summed E-state index contributed by atoms with van der Waals surface area (Å²) in [6.45, 7) is 0.500. The summed E-state index contributed by atoms with van der Waals surface area (Å²) in [4.78, 5) is 40.1. The number of aldehydes is 1. The van der Waals surface area contributed by atoms with Gasteiger partial charge < -0.3 is 39.4 Å². The molecule has 1 heterocycles. The van der Waals surface area contributed by atoms with E-state index in [2.05, 4.69) is 5.32 Å². The van der Waals surface area contributed by atoms with Crippen LogP contribution >= 0.6 is 22.6 Å². The first kappa shape index (κ1) is 32.7. The van der Waals surface area contributed by atoms with Crippen molar-refractivity contribution in [1.29, 1.82) is 0 Å². The molecule has 232 valence electrons. The van der Waals surface area contributed by atoms with Crippen LogP contribution in [0.25, 0.3) is 0 Å². The molecule has 1 aliphatic heterocycles. The summed E-state index contributed by atoms with van der Waals surface area (Å²) in [6, 6.07) is 9.83. The van der Waals surface area contributed by atoms with Gasteiger partial charge in [-0.25, -0.2) is 0 Å². The minimum absolute atomic E-state index is 0.0418. The minimum atomic E-state index is -1.23. The van der Waals surface area contributed by atoms with Crippen LogP contribution in [0.4, 0.5) is 0 Å². The normalized spacial score (nSPS) is 21.5. The summed E-state index contributed by atoms with van der Waals surface area (Å²) >= 11 is 2.01. The van der Waals surface area contributed by atoms with Crippen molar-refractivity contribution in [1.82, 2.24) is 10.2 Å². The molecule has 2 aromatic rings. The molecule has 1 fully saturated rings. The zero-order valence-electron chi connectivity index (χ0n) is 24.2. The van der Waals surface area contributed by atoms with Gasteiger partial charge in [0.05, 0.1) is 30.4 Å². The Morgan fingerprint density at radius 1 is 1.19 bits per heavy atom. The average Bonchev–Trinajstić information content (AvgIpc) is 3.57. The van der Waals surface area contributed by atoms with Crippen LogP contribution in [0.15, 0.2) is 48.0 Å². The van der Waals surface area contributed by atoms with E-state index in [0.717, 1.165) is 12.0 Å². The largest absolute Gasteiger partial charge is 0.496 e. The molecule has 0 saturated carbocycles. The number of ether oxygens (including phenoxy) is 4. The molecule has 1 unspecified atom stereocenters. The third-order valence-electron chi connectivity index (χ3n) is 7.56. The molecule has 1 aliphatic carbocycles. The number of hydrogen-bond acceptors (Lipinski definition) is 9. The van der Waals surface area contributed by atoms with Crippen molar-refractivity contribution < 1.29 is 43.5 Å². The standard InChI is InChI=1S/C31H37IN2O9/c1-40-24-7-4-3-6-20(24)9-11-34(31(39)25-8-5-13-42-25)23-16-21(30(38)33-10-12-35)17-26(28(23)37)43-29-22(32)14-19(18-36)15-27(29)41-2/h3-4,6-7,14-15,17-18,23,25-26,28,35,37H,5,8-13,16H2,1-2H3,(H,33,38)/t23-,25?,26+,28+/m1/s1. The lowest BCUT2D eigenvalue weighted by atomic mass is 9.87. The quantitative estimate of drug-likeness (QED) is 0.211. The van der Waals surface area contributed by atoms with Crippen LogP contribution in [0.5, 0.6) is 17.2 Å². The number of nitrogens with one attached hydrogen (secondary N) is 1. The maximum Gasteiger partial charge on any atom is 0.252 e. The lowest BCUT2D eigenvalue weighted by Gasteiger charge is -2.41. The minimum Gasteiger partial charge on any atom is -0.496 e. The first-order valence-corrected chi connectivity index (χ1v) is 15.2. The molecule has 2 aliphatic rings. The molecule has 4 atom stereocenters. The fourth-order valence-corrected chi connectivity index (χ4v) is 6.14. The van der Waals surface area contributed by atoms with E-state index in [4.69, 9.17) is 18.9 Å². The zero-order chi connectivity index (χ0) is 30.9. The van der Waals surface area contributed by atoms with Crippen LogP contribution in [0.1, 0.15) is 35.2 Å². The highest BCUT2D eigenvalue weighted by molar-refractivity contribution is 14.1. The van der Waals surface area contributed by atoms with E-state index in [0.29, 0.717) is 46.2 Å². The van der Waals surface area contributed by atoms with Crippen LogP contribution < -0.4 is 19.5 Å². The summed E-state index contributed by atoms with van der Waals surface area (Å²) < 4.78 is 23.6. The van der Waals surface area contributed by atoms with Gasteiger partial charge in [-0.15, -0.1) is 0 Å². The number of carbonyl (C=O) groups is 3. The van der Waals surface area contributed by atoms with Crippen LogP contribution in [-0.2, 0) is 20.7 Å². The predicted molar refractivity (Wildman–Crippen MR) is 165 cm³/mol. The maximum absolute atomic E-state index is 13.9. The second-order valence-electron chi connectivity index (χ2n) is 10.3. The van der Waals surface area contributed by atoms with E-state index in [1.54, 1.807) is 18.1 Å². The Bertz CT molecular complexity index is 1330. The molecular weight excluding hydrogens is 671 g/mol. The van der Waals surface area contributed by atoms with E-state index < -0.39 is 30.3 Å². The fourth-order valence-electron chi connectivity index (χ4n) is 5.39. The van der Waals surface area contributed by atoms with Crippen LogP contribution in [0, 0.1) is 3.57 Å². The summed E-state index contributed by atoms with van der Waals surface area (Å²) in [5, 5.41) is 23.7. The molecule has 0 aromatic heterocycles. The smallest absolute Gasteiger partial charge is 0.252 e. The lowest BCUT2D eigenvalue weighted by Crippen LogP contribution is -2.57. The number of carbonyl (C=O) groups excluding carboxylic acids is 3. The number of benzene rings is 2. The van der Waals surface area contributed by atoms with Crippen molar-refractivity contribution >= 4 is 40.7 Å². The number of halogens is 1. The molecule has 12 heteroatoms. The van der Waals surface area contributed by atoms with Gasteiger partial charge >= 0.3 is 0 Å².